The van der Waals surface area contributed by atoms with E-state index in [1.807, 2.05) is 19.1 Å². The summed E-state index contributed by atoms with van der Waals surface area (Å²) in [6, 6.07) is 7.17. The minimum Gasteiger partial charge on any atom is -0.327 e. The smallest absolute Gasteiger partial charge is 0.260 e. The van der Waals surface area contributed by atoms with Crippen LogP contribution in [0.25, 0.3) is 0 Å². The van der Waals surface area contributed by atoms with E-state index >= 15 is 0 Å². The number of nitrogens with two attached hydrogens (primary N) is 1. The van der Waals surface area contributed by atoms with Crippen LogP contribution >= 0.6 is 0 Å². The number of piperidine rings is 1. The molecule has 2 amide bonds. The van der Waals surface area contributed by atoms with Crippen molar-refractivity contribution in [3.8, 4) is 0 Å². The number of hydrogen-bond acceptors (Lipinski definition) is 3. The molecule has 1 atom stereocenters. The van der Waals surface area contributed by atoms with Crippen molar-refractivity contribution in [1.29, 1.82) is 0 Å². The second-order valence-corrected chi connectivity index (χ2v) is 4.47. The molecule has 1 fully saturated rings. The molecule has 1 aromatic rings. The third-order valence-corrected chi connectivity index (χ3v) is 2.97. The van der Waals surface area contributed by atoms with Crippen molar-refractivity contribution in [2.75, 3.05) is 6.54 Å². The zero-order valence-electron chi connectivity index (χ0n) is 9.85. The summed E-state index contributed by atoms with van der Waals surface area (Å²) in [5.74, 6) is -0.388. The van der Waals surface area contributed by atoms with Crippen LogP contribution in [0, 0.1) is 6.92 Å². The van der Waals surface area contributed by atoms with Crippen LogP contribution in [0.15, 0.2) is 24.3 Å². The Kier molecular flexibility index (Phi) is 3.24. The van der Waals surface area contributed by atoms with Gasteiger partial charge in [-0.1, -0.05) is 17.7 Å². The molecule has 1 aliphatic rings. The summed E-state index contributed by atoms with van der Waals surface area (Å²) in [6.45, 7) is 2.34. The van der Waals surface area contributed by atoms with Crippen LogP contribution in [-0.2, 0) is 4.79 Å². The van der Waals surface area contributed by atoms with Crippen LogP contribution in [0.5, 0.6) is 0 Å². The molecule has 1 aromatic carbocycles. The maximum absolute atomic E-state index is 12.1. The molecular weight excluding hydrogens is 216 g/mol. The van der Waals surface area contributed by atoms with Gasteiger partial charge in [0.15, 0.2) is 0 Å². The minimum absolute atomic E-state index is 0.107. The molecule has 2 N–H and O–H groups in total. The number of imide groups is 1. The summed E-state index contributed by atoms with van der Waals surface area (Å²) in [7, 11) is 0. The van der Waals surface area contributed by atoms with E-state index in [0.29, 0.717) is 18.5 Å². The predicted molar refractivity (Wildman–Crippen MR) is 64.4 cm³/mol. The third-order valence-electron chi connectivity index (χ3n) is 2.97. The number of likely N-dealkylation sites (tertiary alicyclic amines) is 1. The first kappa shape index (κ1) is 11.8. The number of hydrogen-bond donors (Lipinski definition) is 1. The molecule has 4 heteroatoms. The molecule has 4 nitrogen and oxygen atoms in total. The molecule has 0 saturated carbocycles. The SMILES string of the molecule is Cc1cccc(C(=O)N2CCC(N)CC2=O)c1. The van der Waals surface area contributed by atoms with Crippen molar-refractivity contribution in [2.45, 2.75) is 25.8 Å². The molecule has 17 heavy (non-hydrogen) atoms. The van der Waals surface area contributed by atoms with Crippen LogP contribution in [0.4, 0.5) is 0 Å². The van der Waals surface area contributed by atoms with Crippen molar-refractivity contribution >= 4 is 11.8 Å². The molecule has 0 aromatic heterocycles. The first-order valence-corrected chi connectivity index (χ1v) is 5.75. The van der Waals surface area contributed by atoms with Crippen LogP contribution < -0.4 is 5.73 Å². The van der Waals surface area contributed by atoms with Gasteiger partial charge in [-0.25, -0.2) is 0 Å². The Bertz CT molecular complexity index is 456. The van der Waals surface area contributed by atoms with Gasteiger partial charge in [0.1, 0.15) is 0 Å². The number of rotatable bonds is 1. The zero-order chi connectivity index (χ0) is 12.4. The van der Waals surface area contributed by atoms with Gasteiger partial charge in [-0.2, -0.15) is 0 Å². The van der Waals surface area contributed by atoms with Gasteiger partial charge in [-0.3, -0.25) is 14.5 Å². The second-order valence-electron chi connectivity index (χ2n) is 4.47. The molecule has 0 aliphatic carbocycles. The van der Waals surface area contributed by atoms with Gasteiger partial charge < -0.3 is 5.73 Å². The Hall–Kier alpha value is -1.68. The average Bonchev–Trinajstić information content (AvgIpc) is 2.28. The molecule has 0 bridgehead atoms. The molecule has 0 spiro atoms. The van der Waals surface area contributed by atoms with Crippen LogP contribution in [0.1, 0.15) is 28.8 Å². The van der Waals surface area contributed by atoms with Crippen molar-refractivity contribution in [2.24, 2.45) is 5.73 Å². The fourth-order valence-corrected chi connectivity index (χ4v) is 2.00. The summed E-state index contributed by atoms with van der Waals surface area (Å²) in [4.78, 5) is 25.2. The second kappa shape index (κ2) is 4.67. The van der Waals surface area contributed by atoms with Crippen LogP contribution in [0.3, 0.4) is 0 Å². The van der Waals surface area contributed by atoms with E-state index < -0.39 is 0 Å². The molecule has 0 radical (unpaired) electrons. The van der Waals surface area contributed by atoms with E-state index in [1.54, 1.807) is 12.1 Å². The monoisotopic (exact) mass is 232 g/mol. The highest BCUT2D eigenvalue weighted by atomic mass is 16.2. The van der Waals surface area contributed by atoms with Gasteiger partial charge in [-0.05, 0) is 25.5 Å². The largest absolute Gasteiger partial charge is 0.327 e. The molecule has 2 rings (SSSR count). The predicted octanol–water partition coefficient (Wildman–Crippen LogP) is 1.08. The summed E-state index contributed by atoms with van der Waals surface area (Å²) >= 11 is 0. The zero-order valence-corrected chi connectivity index (χ0v) is 9.85. The number of amides is 2. The lowest BCUT2D eigenvalue weighted by atomic mass is 10.0. The van der Waals surface area contributed by atoms with Gasteiger partial charge >= 0.3 is 0 Å². The Morgan fingerprint density at radius 1 is 1.47 bits per heavy atom. The maximum Gasteiger partial charge on any atom is 0.260 e. The lowest BCUT2D eigenvalue weighted by molar-refractivity contribution is -0.130. The summed E-state index contributed by atoms with van der Waals surface area (Å²) in [5.41, 5.74) is 7.27. The van der Waals surface area contributed by atoms with E-state index in [-0.39, 0.29) is 24.3 Å². The molecular formula is C13H16N2O2. The summed E-state index contributed by atoms with van der Waals surface area (Å²) in [6.07, 6.45) is 0.945. The van der Waals surface area contributed by atoms with Crippen molar-refractivity contribution in [3.63, 3.8) is 0 Å². The van der Waals surface area contributed by atoms with Gasteiger partial charge in [0.05, 0.1) is 0 Å². The van der Waals surface area contributed by atoms with Crippen molar-refractivity contribution < 1.29 is 9.59 Å². The Morgan fingerprint density at radius 3 is 2.88 bits per heavy atom. The van der Waals surface area contributed by atoms with Gasteiger partial charge in [0.2, 0.25) is 5.91 Å². The number of nitrogens with zero attached hydrogens (tertiary/aromatic N) is 1. The van der Waals surface area contributed by atoms with E-state index in [0.717, 1.165) is 5.56 Å². The molecule has 1 saturated heterocycles. The van der Waals surface area contributed by atoms with Crippen molar-refractivity contribution in [3.05, 3.63) is 35.4 Å². The van der Waals surface area contributed by atoms with Gasteiger partial charge in [-0.15, -0.1) is 0 Å². The van der Waals surface area contributed by atoms with E-state index in [2.05, 4.69) is 0 Å². The average molecular weight is 232 g/mol. The van der Waals surface area contributed by atoms with Gasteiger partial charge in [0.25, 0.3) is 5.91 Å². The highest BCUT2D eigenvalue weighted by Crippen LogP contribution is 2.14. The van der Waals surface area contributed by atoms with E-state index in [1.165, 1.54) is 4.90 Å². The lowest BCUT2D eigenvalue weighted by Gasteiger charge is -2.28. The Labute approximate surface area is 100 Å². The summed E-state index contributed by atoms with van der Waals surface area (Å²) < 4.78 is 0. The lowest BCUT2D eigenvalue weighted by Crippen LogP contribution is -2.46. The van der Waals surface area contributed by atoms with Gasteiger partial charge in [0, 0.05) is 24.6 Å². The fraction of sp³-hybridized carbons (Fsp3) is 0.385. The number of carbonyl (C=O) groups excluding carboxylic acids is 2. The van der Waals surface area contributed by atoms with E-state index in [9.17, 15) is 9.59 Å². The number of aryl methyl sites for hydroxylation is 1. The Balaban J connectivity index is 2.18. The van der Waals surface area contributed by atoms with Crippen LogP contribution in [-0.4, -0.2) is 29.3 Å². The molecule has 90 valence electrons. The molecule has 1 aliphatic heterocycles. The molecule has 1 unspecified atom stereocenters. The topological polar surface area (TPSA) is 63.4 Å². The number of carbonyl (C=O) groups is 2. The highest BCUT2D eigenvalue weighted by molar-refractivity contribution is 6.05. The maximum atomic E-state index is 12.1. The first-order chi connectivity index (χ1) is 8.08. The third kappa shape index (κ3) is 2.53. The number of benzene rings is 1. The van der Waals surface area contributed by atoms with Crippen molar-refractivity contribution in [1.82, 2.24) is 4.90 Å². The van der Waals surface area contributed by atoms with Crippen LogP contribution in [0.2, 0.25) is 0 Å². The first-order valence-electron chi connectivity index (χ1n) is 5.75. The quantitative estimate of drug-likeness (QED) is 0.737. The highest BCUT2D eigenvalue weighted by Gasteiger charge is 2.28. The normalized spacial score (nSPS) is 20.5. The fourth-order valence-electron chi connectivity index (χ4n) is 2.00. The van der Waals surface area contributed by atoms with E-state index in [4.69, 9.17) is 5.73 Å². The standard InChI is InChI=1S/C13H16N2O2/c1-9-3-2-4-10(7-9)13(17)15-6-5-11(14)8-12(15)16/h2-4,7,11H,5-6,8,14H2,1H3. The molecule has 1 heterocycles. The minimum atomic E-state index is -0.217. The Morgan fingerprint density at radius 2 is 2.24 bits per heavy atom. The summed E-state index contributed by atoms with van der Waals surface area (Å²) in [5, 5.41) is 0.